The van der Waals surface area contributed by atoms with Crippen molar-refractivity contribution in [2.75, 3.05) is 6.54 Å². The number of hydrogen-bond acceptors (Lipinski definition) is 1. The maximum atomic E-state index is 3.53. The van der Waals surface area contributed by atoms with E-state index in [1.165, 1.54) is 37.7 Å². The average Bonchev–Trinajstić information content (AvgIpc) is 2.37. The summed E-state index contributed by atoms with van der Waals surface area (Å²) in [5, 5.41) is 3.53. The third kappa shape index (κ3) is 3.82. The standard InChI is InChI=1S/C18H29N/c1-14(2)19-12-11-18(3,4)17-10-9-15-7-5-6-8-16(15)13-17/h9-10,13-14,19H,5-8,11-12H2,1-4H3. The molecule has 0 bridgehead atoms. The quantitative estimate of drug-likeness (QED) is 0.834. The fraction of sp³-hybridized carbons (Fsp3) is 0.667. The molecular formula is C18H29N. The second kappa shape index (κ2) is 6.09. The molecule has 0 aromatic heterocycles. The highest BCUT2D eigenvalue weighted by molar-refractivity contribution is 5.37. The molecule has 0 radical (unpaired) electrons. The molecule has 0 saturated heterocycles. The molecular weight excluding hydrogens is 230 g/mol. The van der Waals surface area contributed by atoms with E-state index in [9.17, 15) is 0 Å². The van der Waals surface area contributed by atoms with Crippen LogP contribution in [-0.4, -0.2) is 12.6 Å². The van der Waals surface area contributed by atoms with E-state index in [1.807, 2.05) is 0 Å². The van der Waals surface area contributed by atoms with Gasteiger partial charge in [0.25, 0.3) is 0 Å². The van der Waals surface area contributed by atoms with E-state index in [-0.39, 0.29) is 5.41 Å². The molecule has 106 valence electrons. The summed E-state index contributed by atoms with van der Waals surface area (Å²) < 4.78 is 0. The van der Waals surface area contributed by atoms with Gasteiger partial charge in [-0.15, -0.1) is 0 Å². The number of rotatable bonds is 5. The van der Waals surface area contributed by atoms with Crippen LogP contribution in [0.5, 0.6) is 0 Å². The van der Waals surface area contributed by atoms with E-state index in [0.29, 0.717) is 6.04 Å². The molecule has 0 aliphatic heterocycles. The predicted molar refractivity (Wildman–Crippen MR) is 83.9 cm³/mol. The van der Waals surface area contributed by atoms with Crippen molar-refractivity contribution in [2.45, 2.75) is 71.3 Å². The van der Waals surface area contributed by atoms with Crippen LogP contribution in [0.25, 0.3) is 0 Å². The normalized spacial score (nSPS) is 15.6. The topological polar surface area (TPSA) is 12.0 Å². The van der Waals surface area contributed by atoms with Crippen molar-refractivity contribution in [3.63, 3.8) is 0 Å². The smallest absolute Gasteiger partial charge is 0.00103 e. The van der Waals surface area contributed by atoms with E-state index in [2.05, 4.69) is 51.2 Å². The van der Waals surface area contributed by atoms with Gasteiger partial charge in [0.2, 0.25) is 0 Å². The van der Waals surface area contributed by atoms with Crippen molar-refractivity contribution in [1.29, 1.82) is 0 Å². The Morgan fingerprint density at radius 2 is 1.79 bits per heavy atom. The third-order valence-corrected chi connectivity index (χ3v) is 4.43. The Bertz CT molecular complexity index is 418. The van der Waals surface area contributed by atoms with Crippen LogP contribution in [0.2, 0.25) is 0 Å². The second-order valence-electron chi connectivity index (χ2n) is 6.93. The lowest BCUT2D eigenvalue weighted by molar-refractivity contribution is 0.441. The monoisotopic (exact) mass is 259 g/mol. The van der Waals surface area contributed by atoms with Crippen LogP contribution in [0.15, 0.2) is 18.2 Å². The van der Waals surface area contributed by atoms with E-state index < -0.39 is 0 Å². The maximum absolute atomic E-state index is 3.53. The maximum Gasteiger partial charge on any atom is 0.00103 e. The summed E-state index contributed by atoms with van der Waals surface area (Å²) in [7, 11) is 0. The van der Waals surface area contributed by atoms with Crippen LogP contribution in [0, 0.1) is 0 Å². The molecule has 0 unspecified atom stereocenters. The minimum atomic E-state index is 0.272. The van der Waals surface area contributed by atoms with Gasteiger partial charge >= 0.3 is 0 Å². The lowest BCUT2D eigenvalue weighted by atomic mass is 9.78. The molecule has 0 fully saturated rings. The number of nitrogens with one attached hydrogen (secondary N) is 1. The van der Waals surface area contributed by atoms with Gasteiger partial charge in [-0.05, 0) is 60.8 Å². The van der Waals surface area contributed by atoms with Crippen LogP contribution in [0.1, 0.15) is 63.6 Å². The van der Waals surface area contributed by atoms with Crippen LogP contribution >= 0.6 is 0 Å². The Morgan fingerprint density at radius 3 is 2.47 bits per heavy atom. The molecule has 0 heterocycles. The van der Waals surface area contributed by atoms with Gasteiger partial charge < -0.3 is 5.32 Å². The summed E-state index contributed by atoms with van der Waals surface area (Å²) in [5.41, 5.74) is 4.98. The van der Waals surface area contributed by atoms with Crippen molar-refractivity contribution in [3.8, 4) is 0 Å². The molecule has 1 heteroatoms. The summed E-state index contributed by atoms with van der Waals surface area (Å²) in [6.07, 6.45) is 6.50. The van der Waals surface area contributed by atoms with Crippen LogP contribution in [-0.2, 0) is 18.3 Å². The lowest BCUT2D eigenvalue weighted by Gasteiger charge is -2.28. The minimum Gasteiger partial charge on any atom is -0.315 e. The Morgan fingerprint density at radius 1 is 1.11 bits per heavy atom. The molecule has 1 N–H and O–H groups in total. The molecule has 0 amide bonds. The summed E-state index contributed by atoms with van der Waals surface area (Å²) in [5.74, 6) is 0. The SMILES string of the molecule is CC(C)NCCC(C)(C)c1ccc2c(c1)CCCC2. The Kier molecular flexibility index (Phi) is 4.67. The predicted octanol–water partition coefficient (Wildman–Crippen LogP) is 4.23. The number of hydrogen-bond donors (Lipinski definition) is 1. The number of aryl methyl sites for hydroxylation is 2. The van der Waals surface area contributed by atoms with Crippen molar-refractivity contribution in [1.82, 2.24) is 5.32 Å². The van der Waals surface area contributed by atoms with Gasteiger partial charge in [0.15, 0.2) is 0 Å². The van der Waals surface area contributed by atoms with E-state index in [0.717, 1.165) is 6.54 Å². The zero-order valence-electron chi connectivity index (χ0n) is 13.1. The molecule has 0 spiro atoms. The largest absolute Gasteiger partial charge is 0.315 e. The molecule has 1 aliphatic carbocycles. The van der Waals surface area contributed by atoms with Gasteiger partial charge in [-0.25, -0.2) is 0 Å². The zero-order chi connectivity index (χ0) is 13.9. The fourth-order valence-corrected chi connectivity index (χ4v) is 2.97. The second-order valence-corrected chi connectivity index (χ2v) is 6.93. The highest BCUT2D eigenvalue weighted by atomic mass is 14.9. The molecule has 0 atom stereocenters. The molecule has 0 saturated carbocycles. The Hall–Kier alpha value is -0.820. The van der Waals surface area contributed by atoms with Crippen LogP contribution in [0.3, 0.4) is 0 Å². The van der Waals surface area contributed by atoms with Crippen molar-refractivity contribution >= 4 is 0 Å². The molecule has 1 aromatic carbocycles. The zero-order valence-corrected chi connectivity index (χ0v) is 13.1. The Balaban J connectivity index is 2.07. The number of fused-ring (bicyclic) bond motifs is 1. The molecule has 1 nitrogen and oxygen atoms in total. The third-order valence-electron chi connectivity index (χ3n) is 4.43. The Labute approximate surface area is 118 Å². The van der Waals surface area contributed by atoms with E-state index >= 15 is 0 Å². The van der Waals surface area contributed by atoms with Gasteiger partial charge in [0.1, 0.15) is 0 Å². The first-order valence-electron chi connectivity index (χ1n) is 7.85. The van der Waals surface area contributed by atoms with Crippen LogP contribution < -0.4 is 5.32 Å². The minimum absolute atomic E-state index is 0.272. The van der Waals surface area contributed by atoms with Gasteiger partial charge in [-0.1, -0.05) is 45.9 Å². The van der Waals surface area contributed by atoms with Gasteiger partial charge in [0, 0.05) is 6.04 Å². The average molecular weight is 259 g/mol. The first-order chi connectivity index (χ1) is 8.99. The van der Waals surface area contributed by atoms with E-state index in [1.54, 1.807) is 11.1 Å². The van der Waals surface area contributed by atoms with E-state index in [4.69, 9.17) is 0 Å². The van der Waals surface area contributed by atoms with Gasteiger partial charge in [-0.2, -0.15) is 0 Å². The summed E-state index contributed by atoms with van der Waals surface area (Å²) in [6, 6.07) is 7.80. The molecule has 1 aliphatic rings. The molecule has 1 aromatic rings. The molecule has 19 heavy (non-hydrogen) atoms. The number of benzene rings is 1. The van der Waals surface area contributed by atoms with Gasteiger partial charge in [-0.3, -0.25) is 0 Å². The highest BCUT2D eigenvalue weighted by Crippen LogP contribution is 2.30. The summed E-state index contributed by atoms with van der Waals surface area (Å²) >= 11 is 0. The molecule has 2 rings (SSSR count). The van der Waals surface area contributed by atoms with Crippen molar-refractivity contribution in [3.05, 3.63) is 34.9 Å². The van der Waals surface area contributed by atoms with Crippen molar-refractivity contribution in [2.24, 2.45) is 0 Å². The highest BCUT2D eigenvalue weighted by Gasteiger charge is 2.22. The van der Waals surface area contributed by atoms with Crippen LogP contribution in [0.4, 0.5) is 0 Å². The summed E-state index contributed by atoms with van der Waals surface area (Å²) in [6.45, 7) is 10.3. The lowest BCUT2D eigenvalue weighted by Crippen LogP contribution is -2.29. The van der Waals surface area contributed by atoms with Gasteiger partial charge in [0.05, 0.1) is 0 Å². The first kappa shape index (κ1) is 14.6. The summed E-state index contributed by atoms with van der Waals surface area (Å²) in [4.78, 5) is 0. The first-order valence-corrected chi connectivity index (χ1v) is 7.85. The fourth-order valence-electron chi connectivity index (χ4n) is 2.97. The van der Waals surface area contributed by atoms with Crippen molar-refractivity contribution < 1.29 is 0 Å².